The van der Waals surface area contributed by atoms with Crippen molar-refractivity contribution in [3.05, 3.63) is 28.2 Å². The second-order valence-corrected chi connectivity index (χ2v) is 5.20. The van der Waals surface area contributed by atoms with E-state index in [1.807, 2.05) is 32.0 Å². The molecule has 4 nitrogen and oxygen atoms in total. The zero-order valence-electron chi connectivity index (χ0n) is 10.4. The number of hydrogen-bond donors (Lipinski definition) is 1. The Morgan fingerprint density at radius 2 is 2.17 bits per heavy atom. The Morgan fingerprint density at radius 3 is 2.72 bits per heavy atom. The number of nitrogens with one attached hydrogen (secondary N) is 1. The number of likely N-dealkylation sites (N-methyl/N-ethyl adjacent to an activating group) is 1. The Kier molecular flexibility index (Phi) is 3.71. The standard InChI is InChI=1S/C13H15BrN2O2/c1-3-16-12(17)7-11(13(16)18)15-9-4-5-10(14)8(2)6-9/h4-6,11,15H,3,7H2,1-2H3. The fourth-order valence-electron chi connectivity index (χ4n) is 2.06. The number of imide groups is 1. The molecule has 2 amide bonds. The number of carbonyl (C=O) groups excluding carboxylic acids is 2. The zero-order valence-corrected chi connectivity index (χ0v) is 12.0. The predicted molar refractivity (Wildman–Crippen MR) is 73.3 cm³/mol. The summed E-state index contributed by atoms with van der Waals surface area (Å²) in [6.45, 7) is 4.23. The summed E-state index contributed by atoms with van der Waals surface area (Å²) in [5.74, 6) is -0.239. The number of hydrogen-bond acceptors (Lipinski definition) is 3. The lowest BCUT2D eigenvalue weighted by atomic mass is 10.2. The van der Waals surface area contributed by atoms with Crippen LogP contribution in [0.3, 0.4) is 0 Å². The van der Waals surface area contributed by atoms with E-state index in [0.717, 1.165) is 15.7 Å². The van der Waals surface area contributed by atoms with Gasteiger partial charge in [-0.2, -0.15) is 0 Å². The molecule has 1 N–H and O–H groups in total. The lowest BCUT2D eigenvalue weighted by molar-refractivity contribution is -0.138. The fraction of sp³-hybridized carbons (Fsp3) is 0.385. The van der Waals surface area contributed by atoms with Gasteiger partial charge in [-0.05, 0) is 37.6 Å². The topological polar surface area (TPSA) is 49.4 Å². The Balaban J connectivity index is 2.13. The van der Waals surface area contributed by atoms with Crippen molar-refractivity contribution in [2.24, 2.45) is 0 Å². The highest BCUT2D eigenvalue weighted by Crippen LogP contribution is 2.23. The molecule has 18 heavy (non-hydrogen) atoms. The minimum Gasteiger partial charge on any atom is -0.373 e. The van der Waals surface area contributed by atoms with E-state index in [1.165, 1.54) is 4.90 Å². The molecule has 96 valence electrons. The van der Waals surface area contributed by atoms with Crippen LogP contribution in [0.1, 0.15) is 18.9 Å². The molecule has 1 aromatic carbocycles. The van der Waals surface area contributed by atoms with Crippen LogP contribution < -0.4 is 5.32 Å². The van der Waals surface area contributed by atoms with Crippen molar-refractivity contribution in [1.82, 2.24) is 4.90 Å². The predicted octanol–water partition coefficient (Wildman–Crippen LogP) is 2.32. The third kappa shape index (κ3) is 2.41. The van der Waals surface area contributed by atoms with Crippen LogP contribution in [0.25, 0.3) is 0 Å². The smallest absolute Gasteiger partial charge is 0.252 e. The summed E-state index contributed by atoms with van der Waals surface area (Å²) in [6, 6.07) is 5.34. The van der Waals surface area contributed by atoms with Gasteiger partial charge in [0.2, 0.25) is 5.91 Å². The van der Waals surface area contributed by atoms with Crippen molar-refractivity contribution in [3.8, 4) is 0 Å². The van der Waals surface area contributed by atoms with Gasteiger partial charge in [0.1, 0.15) is 6.04 Å². The van der Waals surface area contributed by atoms with Gasteiger partial charge in [-0.1, -0.05) is 15.9 Å². The maximum atomic E-state index is 11.9. The summed E-state index contributed by atoms with van der Waals surface area (Å²) in [4.78, 5) is 24.8. The Labute approximate surface area is 114 Å². The molecule has 1 aromatic rings. The highest BCUT2D eigenvalue weighted by Gasteiger charge is 2.37. The molecule has 1 saturated heterocycles. The van der Waals surface area contributed by atoms with Crippen LogP contribution in [0.2, 0.25) is 0 Å². The van der Waals surface area contributed by atoms with Crippen molar-refractivity contribution in [3.63, 3.8) is 0 Å². The average molecular weight is 311 g/mol. The minimum absolute atomic E-state index is 0.103. The molecule has 0 aliphatic carbocycles. The summed E-state index contributed by atoms with van der Waals surface area (Å²) in [6.07, 6.45) is 0.238. The fourth-order valence-corrected chi connectivity index (χ4v) is 2.31. The van der Waals surface area contributed by atoms with E-state index >= 15 is 0 Å². The van der Waals surface area contributed by atoms with Crippen LogP contribution in [0, 0.1) is 6.92 Å². The quantitative estimate of drug-likeness (QED) is 0.872. The number of likely N-dealkylation sites (tertiary alicyclic amines) is 1. The molecule has 0 bridgehead atoms. The summed E-state index contributed by atoms with van der Waals surface area (Å²) >= 11 is 3.43. The van der Waals surface area contributed by atoms with E-state index in [4.69, 9.17) is 0 Å². The van der Waals surface area contributed by atoms with Crippen LogP contribution in [-0.2, 0) is 9.59 Å². The first kappa shape index (κ1) is 13.1. The van der Waals surface area contributed by atoms with E-state index in [-0.39, 0.29) is 18.2 Å². The summed E-state index contributed by atoms with van der Waals surface area (Å²) in [5.41, 5.74) is 1.95. The van der Waals surface area contributed by atoms with E-state index in [2.05, 4.69) is 21.2 Å². The molecule has 5 heteroatoms. The number of benzene rings is 1. The Hall–Kier alpha value is -1.36. The molecule has 1 aliphatic heterocycles. The molecule has 1 fully saturated rings. The second kappa shape index (κ2) is 5.10. The molecule has 1 aliphatic rings. The summed E-state index contributed by atoms with van der Waals surface area (Å²) in [5, 5.41) is 3.12. The molecule has 0 spiro atoms. The molecule has 0 aromatic heterocycles. The number of carbonyl (C=O) groups is 2. The number of rotatable bonds is 3. The van der Waals surface area contributed by atoms with Gasteiger partial charge in [0.25, 0.3) is 5.91 Å². The molecule has 0 saturated carbocycles. The van der Waals surface area contributed by atoms with Crippen LogP contribution in [0.4, 0.5) is 5.69 Å². The SMILES string of the molecule is CCN1C(=O)CC(Nc2ccc(Br)c(C)c2)C1=O. The monoisotopic (exact) mass is 310 g/mol. The average Bonchev–Trinajstić information content (AvgIpc) is 2.59. The van der Waals surface area contributed by atoms with Gasteiger partial charge in [0, 0.05) is 16.7 Å². The Morgan fingerprint density at radius 1 is 1.44 bits per heavy atom. The van der Waals surface area contributed by atoms with Gasteiger partial charge in [0.15, 0.2) is 0 Å². The van der Waals surface area contributed by atoms with Crippen molar-refractivity contribution in [2.45, 2.75) is 26.3 Å². The van der Waals surface area contributed by atoms with E-state index in [9.17, 15) is 9.59 Å². The molecular weight excluding hydrogens is 296 g/mol. The summed E-state index contributed by atoms with van der Waals surface area (Å²) < 4.78 is 1.03. The second-order valence-electron chi connectivity index (χ2n) is 4.34. The van der Waals surface area contributed by atoms with Crippen LogP contribution in [0.5, 0.6) is 0 Å². The molecule has 0 radical (unpaired) electrons. The number of amides is 2. The molecule has 1 heterocycles. The van der Waals surface area contributed by atoms with Gasteiger partial charge < -0.3 is 5.32 Å². The van der Waals surface area contributed by atoms with Crippen molar-refractivity contribution >= 4 is 33.4 Å². The Bertz CT molecular complexity index is 502. The molecule has 2 rings (SSSR count). The van der Waals surface area contributed by atoms with Crippen LogP contribution in [0.15, 0.2) is 22.7 Å². The van der Waals surface area contributed by atoms with Gasteiger partial charge in [-0.25, -0.2) is 0 Å². The number of aryl methyl sites for hydroxylation is 1. The van der Waals surface area contributed by atoms with E-state index in [0.29, 0.717) is 6.54 Å². The third-order valence-electron chi connectivity index (χ3n) is 3.06. The number of anilines is 1. The largest absolute Gasteiger partial charge is 0.373 e. The van der Waals surface area contributed by atoms with Crippen molar-refractivity contribution < 1.29 is 9.59 Å². The first-order chi connectivity index (χ1) is 8.52. The zero-order chi connectivity index (χ0) is 13.3. The summed E-state index contributed by atoms with van der Waals surface area (Å²) in [7, 11) is 0. The van der Waals surface area contributed by atoms with E-state index < -0.39 is 6.04 Å². The van der Waals surface area contributed by atoms with Crippen molar-refractivity contribution in [1.29, 1.82) is 0 Å². The van der Waals surface area contributed by atoms with Crippen LogP contribution >= 0.6 is 15.9 Å². The van der Waals surface area contributed by atoms with Crippen molar-refractivity contribution in [2.75, 3.05) is 11.9 Å². The minimum atomic E-state index is -0.432. The molecular formula is C13H15BrN2O2. The molecule has 1 atom stereocenters. The number of halogens is 1. The van der Waals surface area contributed by atoms with Gasteiger partial charge in [-0.3, -0.25) is 14.5 Å². The maximum Gasteiger partial charge on any atom is 0.252 e. The van der Waals surface area contributed by atoms with Gasteiger partial charge >= 0.3 is 0 Å². The van der Waals surface area contributed by atoms with Gasteiger partial charge in [-0.15, -0.1) is 0 Å². The lowest BCUT2D eigenvalue weighted by Crippen LogP contribution is -2.34. The first-order valence-corrected chi connectivity index (χ1v) is 6.69. The van der Waals surface area contributed by atoms with E-state index in [1.54, 1.807) is 0 Å². The first-order valence-electron chi connectivity index (χ1n) is 5.89. The molecule has 1 unspecified atom stereocenters. The van der Waals surface area contributed by atoms with Gasteiger partial charge in [0.05, 0.1) is 6.42 Å². The maximum absolute atomic E-state index is 11.9. The number of nitrogens with zero attached hydrogens (tertiary/aromatic N) is 1. The highest BCUT2D eigenvalue weighted by molar-refractivity contribution is 9.10. The normalized spacial score (nSPS) is 19.5. The lowest BCUT2D eigenvalue weighted by Gasteiger charge is -2.14. The van der Waals surface area contributed by atoms with Crippen LogP contribution in [-0.4, -0.2) is 29.3 Å². The third-order valence-corrected chi connectivity index (χ3v) is 3.95. The highest BCUT2D eigenvalue weighted by atomic mass is 79.9.